The molecule has 3 rings (SSSR count). The van der Waals surface area contributed by atoms with Gasteiger partial charge in [-0.2, -0.15) is 4.31 Å². The number of halogens is 1. The van der Waals surface area contributed by atoms with Crippen molar-refractivity contribution in [3.05, 3.63) is 65.7 Å². The van der Waals surface area contributed by atoms with Crippen LogP contribution in [0.4, 0.5) is 5.69 Å². The van der Waals surface area contributed by atoms with Crippen molar-refractivity contribution in [3.63, 3.8) is 0 Å². The van der Waals surface area contributed by atoms with E-state index in [9.17, 15) is 13.2 Å². The molecule has 0 aromatic heterocycles. The summed E-state index contributed by atoms with van der Waals surface area (Å²) >= 11 is 6.16. The fourth-order valence-electron chi connectivity index (χ4n) is 2.93. The number of ether oxygens (including phenoxy) is 1. The number of benzene rings is 2. The summed E-state index contributed by atoms with van der Waals surface area (Å²) in [4.78, 5) is 12.8. The number of rotatable bonds is 7. The summed E-state index contributed by atoms with van der Waals surface area (Å²) < 4.78 is 32.4. The van der Waals surface area contributed by atoms with E-state index in [4.69, 9.17) is 16.3 Å². The van der Waals surface area contributed by atoms with E-state index in [2.05, 4.69) is 11.9 Å². The molecule has 1 N–H and O–H groups in total. The quantitative estimate of drug-likeness (QED) is 0.688. The standard InChI is InChI=1S/C20H21ClN2O4S/c1-2-12-27-16-7-5-6-15(13-16)22-20(24)18-14-17(8-9-19(18)21)28(25,26)23-10-3-4-11-23/h2,5-9,13-14H,1,3-4,10-12H2,(H,22,24). The molecule has 0 bridgehead atoms. The molecule has 28 heavy (non-hydrogen) atoms. The Hall–Kier alpha value is -2.35. The summed E-state index contributed by atoms with van der Waals surface area (Å²) in [6.45, 7) is 4.92. The van der Waals surface area contributed by atoms with Gasteiger partial charge in [-0.1, -0.05) is 30.3 Å². The Kier molecular flexibility index (Phi) is 6.39. The van der Waals surface area contributed by atoms with Crippen molar-refractivity contribution in [2.75, 3.05) is 25.0 Å². The van der Waals surface area contributed by atoms with Gasteiger partial charge in [0.2, 0.25) is 10.0 Å². The first-order valence-corrected chi connectivity index (χ1v) is 10.7. The maximum Gasteiger partial charge on any atom is 0.257 e. The van der Waals surface area contributed by atoms with Crippen LogP contribution in [0.2, 0.25) is 5.02 Å². The molecule has 1 fully saturated rings. The summed E-state index contributed by atoms with van der Waals surface area (Å²) in [5.41, 5.74) is 0.606. The van der Waals surface area contributed by atoms with Crippen LogP contribution in [0, 0.1) is 0 Å². The second-order valence-corrected chi connectivity index (χ2v) is 8.68. The fraction of sp³-hybridized carbons (Fsp3) is 0.250. The molecule has 0 atom stereocenters. The average Bonchev–Trinajstić information content (AvgIpc) is 3.22. The maximum absolute atomic E-state index is 12.8. The molecule has 0 aliphatic carbocycles. The number of carbonyl (C=O) groups excluding carboxylic acids is 1. The van der Waals surface area contributed by atoms with E-state index in [1.807, 2.05) is 0 Å². The molecule has 0 saturated carbocycles. The van der Waals surface area contributed by atoms with Crippen molar-refractivity contribution in [1.82, 2.24) is 4.31 Å². The van der Waals surface area contributed by atoms with Crippen LogP contribution in [0.3, 0.4) is 0 Å². The van der Waals surface area contributed by atoms with Gasteiger partial charge >= 0.3 is 0 Å². The molecule has 1 aliphatic heterocycles. The van der Waals surface area contributed by atoms with Crippen LogP contribution in [0.5, 0.6) is 5.75 Å². The predicted molar refractivity (Wildman–Crippen MR) is 110 cm³/mol. The first-order chi connectivity index (χ1) is 13.4. The smallest absolute Gasteiger partial charge is 0.257 e. The van der Waals surface area contributed by atoms with E-state index in [0.717, 1.165) is 12.8 Å². The lowest BCUT2D eigenvalue weighted by Crippen LogP contribution is -2.28. The van der Waals surface area contributed by atoms with Crippen molar-refractivity contribution in [3.8, 4) is 5.75 Å². The Bertz CT molecular complexity index is 985. The Labute approximate surface area is 169 Å². The minimum Gasteiger partial charge on any atom is -0.489 e. The molecule has 2 aromatic carbocycles. The first kappa shape index (κ1) is 20.4. The topological polar surface area (TPSA) is 75.7 Å². The van der Waals surface area contributed by atoms with Gasteiger partial charge in [-0.15, -0.1) is 0 Å². The molecule has 1 saturated heterocycles. The van der Waals surface area contributed by atoms with Crippen LogP contribution < -0.4 is 10.1 Å². The molecule has 1 amide bonds. The third-order valence-electron chi connectivity index (χ3n) is 4.35. The third kappa shape index (κ3) is 4.55. The Morgan fingerprint density at radius 1 is 1.21 bits per heavy atom. The van der Waals surface area contributed by atoms with Crippen molar-refractivity contribution >= 4 is 33.2 Å². The zero-order chi connectivity index (χ0) is 20.1. The van der Waals surface area contributed by atoms with Gasteiger partial charge in [0.05, 0.1) is 15.5 Å². The zero-order valence-electron chi connectivity index (χ0n) is 15.2. The lowest BCUT2D eigenvalue weighted by atomic mass is 10.2. The highest BCUT2D eigenvalue weighted by molar-refractivity contribution is 7.89. The Morgan fingerprint density at radius 2 is 1.96 bits per heavy atom. The number of nitrogens with zero attached hydrogens (tertiary/aromatic N) is 1. The van der Waals surface area contributed by atoms with Gasteiger partial charge < -0.3 is 10.1 Å². The van der Waals surface area contributed by atoms with Crippen LogP contribution in [0.25, 0.3) is 0 Å². The summed E-state index contributed by atoms with van der Waals surface area (Å²) in [7, 11) is -3.64. The van der Waals surface area contributed by atoms with Gasteiger partial charge in [0.25, 0.3) is 5.91 Å². The molecular formula is C20H21ClN2O4S. The minimum atomic E-state index is -3.64. The monoisotopic (exact) mass is 420 g/mol. The average molecular weight is 421 g/mol. The van der Waals surface area contributed by atoms with E-state index in [1.165, 1.54) is 22.5 Å². The van der Waals surface area contributed by atoms with Gasteiger partial charge in [-0.3, -0.25) is 4.79 Å². The SMILES string of the molecule is C=CCOc1cccc(NC(=O)c2cc(S(=O)(=O)N3CCCC3)ccc2Cl)c1. The van der Waals surface area contributed by atoms with Crippen molar-refractivity contribution < 1.29 is 17.9 Å². The number of sulfonamides is 1. The number of carbonyl (C=O) groups is 1. The van der Waals surface area contributed by atoms with E-state index in [-0.39, 0.29) is 15.5 Å². The van der Waals surface area contributed by atoms with Crippen molar-refractivity contribution in [1.29, 1.82) is 0 Å². The summed E-state index contributed by atoms with van der Waals surface area (Å²) in [5.74, 6) is 0.0819. The Balaban J connectivity index is 1.83. The third-order valence-corrected chi connectivity index (χ3v) is 6.57. The molecule has 0 radical (unpaired) electrons. The number of nitrogens with one attached hydrogen (secondary N) is 1. The molecule has 0 spiro atoms. The molecule has 0 unspecified atom stereocenters. The zero-order valence-corrected chi connectivity index (χ0v) is 16.8. The number of hydrogen-bond donors (Lipinski definition) is 1. The normalized spacial score (nSPS) is 14.6. The van der Waals surface area contributed by atoms with Gasteiger partial charge in [-0.05, 0) is 43.2 Å². The van der Waals surface area contributed by atoms with Crippen LogP contribution in [0.15, 0.2) is 60.0 Å². The molecule has 1 heterocycles. The van der Waals surface area contributed by atoms with Crippen LogP contribution >= 0.6 is 11.6 Å². The first-order valence-electron chi connectivity index (χ1n) is 8.86. The minimum absolute atomic E-state index is 0.0621. The van der Waals surface area contributed by atoms with E-state index in [0.29, 0.717) is 31.1 Å². The van der Waals surface area contributed by atoms with Gasteiger partial charge in [0.1, 0.15) is 12.4 Å². The molecule has 8 heteroatoms. The van der Waals surface area contributed by atoms with Crippen molar-refractivity contribution in [2.24, 2.45) is 0 Å². The lowest BCUT2D eigenvalue weighted by Gasteiger charge is -2.16. The highest BCUT2D eigenvalue weighted by atomic mass is 35.5. The van der Waals surface area contributed by atoms with Gasteiger partial charge in [0.15, 0.2) is 0 Å². The second kappa shape index (κ2) is 8.77. The van der Waals surface area contributed by atoms with Crippen LogP contribution in [-0.2, 0) is 10.0 Å². The highest BCUT2D eigenvalue weighted by Gasteiger charge is 2.28. The maximum atomic E-state index is 12.8. The molecule has 6 nitrogen and oxygen atoms in total. The molecule has 1 aliphatic rings. The van der Waals surface area contributed by atoms with E-state index < -0.39 is 15.9 Å². The summed E-state index contributed by atoms with van der Waals surface area (Å²) in [5, 5.41) is 2.90. The molecule has 2 aromatic rings. The number of hydrogen-bond acceptors (Lipinski definition) is 4. The Morgan fingerprint density at radius 3 is 2.68 bits per heavy atom. The lowest BCUT2D eigenvalue weighted by molar-refractivity contribution is 0.102. The van der Waals surface area contributed by atoms with E-state index in [1.54, 1.807) is 30.3 Å². The van der Waals surface area contributed by atoms with Crippen molar-refractivity contribution in [2.45, 2.75) is 17.7 Å². The summed E-state index contributed by atoms with van der Waals surface area (Å²) in [6.07, 6.45) is 3.30. The number of anilines is 1. The number of amides is 1. The van der Waals surface area contributed by atoms with Crippen LogP contribution in [-0.4, -0.2) is 38.3 Å². The van der Waals surface area contributed by atoms with E-state index >= 15 is 0 Å². The largest absolute Gasteiger partial charge is 0.489 e. The fourth-order valence-corrected chi connectivity index (χ4v) is 4.68. The van der Waals surface area contributed by atoms with Gasteiger partial charge in [-0.25, -0.2) is 8.42 Å². The van der Waals surface area contributed by atoms with Crippen LogP contribution in [0.1, 0.15) is 23.2 Å². The molecule has 148 valence electrons. The molecular weight excluding hydrogens is 400 g/mol. The predicted octanol–water partition coefficient (Wildman–Crippen LogP) is 3.94. The van der Waals surface area contributed by atoms with Gasteiger partial charge in [0, 0.05) is 24.8 Å². The highest BCUT2D eigenvalue weighted by Crippen LogP contribution is 2.26. The summed E-state index contributed by atoms with van der Waals surface area (Å²) in [6, 6.07) is 11.1. The second-order valence-electron chi connectivity index (χ2n) is 6.33.